The summed E-state index contributed by atoms with van der Waals surface area (Å²) in [6, 6.07) is 81.0. The average Bonchev–Trinajstić information content (AvgIpc) is 3.76. The molecule has 0 fully saturated rings. The van der Waals surface area contributed by atoms with E-state index in [4.69, 9.17) is 15.1 Å². The molecule has 0 N–H and O–H groups in total. The van der Waals surface area contributed by atoms with Gasteiger partial charge in [-0.15, -0.1) is 0 Å². The number of fused-ring (bicyclic) bond motifs is 3. The zero-order valence-electron chi connectivity index (χ0n) is 33.2. The number of aromatic nitrogens is 4. The molecule has 3 heterocycles. The number of benzene rings is 8. The Morgan fingerprint density at radius 2 is 0.803 bits per heavy atom. The smallest absolute Gasteiger partial charge is 0.160 e. The molecule has 4 nitrogen and oxygen atoms in total. The number of hydrogen-bond acceptors (Lipinski definition) is 3. The molecule has 0 unspecified atom stereocenters. The zero-order chi connectivity index (χ0) is 40.5. The van der Waals surface area contributed by atoms with Gasteiger partial charge in [-0.2, -0.15) is 5.10 Å². The average molecular weight is 779 g/mol. The second kappa shape index (κ2) is 15.5. The molecule has 0 bridgehead atoms. The summed E-state index contributed by atoms with van der Waals surface area (Å²) in [6.45, 7) is 0. The first-order valence-electron chi connectivity index (χ1n) is 20.6. The summed E-state index contributed by atoms with van der Waals surface area (Å²) in [5, 5.41) is 7.74. The van der Waals surface area contributed by atoms with Gasteiger partial charge in [0, 0.05) is 38.8 Å². The Hall–Kier alpha value is -8.21. The molecular weight excluding hydrogens is 741 g/mol. The van der Waals surface area contributed by atoms with Crippen molar-refractivity contribution in [1.82, 2.24) is 19.6 Å². The first-order valence-corrected chi connectivity index (χ1v) is 20.6. The lowest BCUT2D eigenvalue weighted by molar-refractivity contribution is 0.979. The summed E-state index contributed by atoms with van der Waals surface area (Å²) in [6.07, 6.45) is 0. The highest BCUT2D eigenvalue weighted by atomic mass is 15.2. The molecule has 0 radical (unpaired) electrons. The van der Waals surface area contributed by atoms with Crippen LogP contribution in [0.2, 0.25) is 0 Å². The van der Waals surface area contributed by atoms with E-state index in [1.165, 1.54) is 10.9 Å². The third kappa shape index (κ3) is 6.76. The van der Waals surface area contributed by atoms with Crippen molar-refractivity contribution in [1.29, 1.82) is 0 Å². The van der Waals surface area contributed by atoms with Crippen LogP contribution in [0.15, 0.2) is 231 Å². The molecule has 0 saturated heterocycles. The van der Waals surface area contributed by atoms with Gasteiger partial charge in [0.2, 0.25) is 0 Å². The zero-order valence-corrected chi connectivity index (χ0v) is 33.2. The molecule has 0 aliphatic heterocycles. The maximum Gasteiger partial charge on any atom is 0.160 e. The van der Waals surface area contributed by atoms with Crippen LogP contribution in [-0.2, 0) is 0 Å². The van der Waals surface area contributed by atoms with Crippen molar-refractivity contribution in [3.63, 3.8) is 0 Å². The molecule has 8 aromatic carbocycles. The van der Waals surface area contributed by atoms with E-state index in [0.29, 0.717) is 5.82 Å². The van der Waals surface area contributed by atoms with Gasteiger partial charge in [0.25, 0.3) is 0 Å². The van der Waals surface area contributed by atoms with Crippen LogP contribution >= 0.6 is 0 Å². The summed E-state index contributed by atoms with van der Waals surface area (Å²) in [5.74, 6) is 0.708. The fraction of sp³-hybridized carbons (Fsp3) is 0. The molecule has 11 rings (SSSR count). The van der Waals surface area contributed by atoms with E-state index < -0.39 is 0 Å². The van der Waals surface area contributed by atoms with Crippen LogP contribution in [0.25, 0.3) is 106 Å². The maximum atomic E-state index is 5.42. The minimum absolute atomic E-state index is 0.708. The molecule has 286 valence electrons. The molecule has 0 saturated carbocycles. The Morgan fingerprint density at radius 1 is 0.311 bits per heavy atom. The van der Waals surface area contributed by atoms with Crippen molar-refractivity contribution in [2.24, 2.45) is 0 Å². The van der Waals surface area contributed by atoms with Gasteiger partial charge in [0.05, 0.1) is 22.6 Å². The molecule has 0 amide bonds. The fourth-order valence-electron chi connectivity index (χ4n) is 8.48. The lowest BCUT2D eigenvalue weighted by atomic mass is 9.92. The standard InChI is InChI=1S/C57H38N4/c1-6-18-40(19-7-1)51-38-52(59-57(58-51)45-26-14-5-15-27-45)41-34-32-39(33-35-41)46-28-16-29-47(36-46)48-30-17-31-49-50(48)37-53(42-20-8-2-9-21-42)61-56(49)54(43-22-10-3-11-23-43)55(60-61)44-24-12-4-13-25-44/h1-38H. The van der Waals surface area contributed by atoms with Gasteiger partial charge in [0.1, 0.15) is 5.69 Å². The van der Waals surface area contributed by atoms with Gasteiger partial charge in [-0.3, -0.25) is 0 Å². The van der Waals surface area contributed by atoms with E-state index in [2.05, 4.69) is 199 Å². The largest absolute Gasteiger partial charge is 0.231 e. The van der Waals surface area contributed by atoms with E-state index in [-0.39, 0.29) is 0 Å². The van der Waals surface area contributed by atoms with E-state index in [1.54, 1.807) is 0 Å². The van der Waals surface area contributed by atoms with Crippen LogP contribution in [-0.4, -0.2) is 19.6 Å². The molecule has 0 spiro atoms. The Bertz CT molecular complexity index is 3250. The normalized spacial score (nSPS) is 11.3. The Kier molecular flexibility index (Phi) is 9.14. The highest BCUT2D eigenvalue weighted by Gasteiger charge is 2.22. The van der Waals surface area contributed by atoms with Crippen molar-refractivity contribution in [3.8, 4) is 89.8 Å². The van der Waals surface area contributed by atoms with E-state index >= 15 is 0 Å². The molecule has 61 heavy (non-hydrogen) atoms. The third-order valence-corrected chi connectivity index (χ3v) is 11.5. The molecule has 0 aliphatic carbocycles. The molecule has 3 aromatic heterocycles. The van der Waals surface area contributed by atoms with Gasteiger partial charge in [-0.25, -0.2) is 14.5 Å². The quantitative estimate of drug-likeness (QED) is 0.154. The summed E-state index contributed by atoms with van der Waals surface area (Å²) < 4.78 is 2.16. The van der Waals surface area contributed by atoms with E-state index in [9.17, 15) is 0 Å². The Balaban J connectivity index is 1.04. The Morgan fingerprint density at radius 3 is 1.44 bits per heavy atom. The molecule has 0 aliphatic rings. The minimum atomic E-state index is 0.708. The summed E-state index contributed by atoms with van der Waals surface area (Å²) in [7, 11) is 0. The summed E-state index contributed by atoms with van der Waals surface area (Å²) in [5.41, 5.74) is 17.0. The molecule has 4 heteroatoms. The predicted octanol–water partition coefficient (Wildman–Crippen LogP) is 14.6. The van der Waals surface area contributed by atoms with E-state index in [0.717, 1.165) is 89.3 Å². The summed E-state index contributed by atoms with van der Waals surface area (Å²) in [4.78, 5) is 10.0. The number of hydrogen-bond donors (Lipinski definition) is 0. The van der Waals surface area contributed by atoms with Gasteiger partial charge >= 0.3 is 0 Å². The number of pyridine rings is 1. The highest BCUT2D eigenvalue weighted by molar-refractivity contribution is 6.12. The van der Waals surface area contributed by atoms with Crippen LogP contribution < -0.4 is 0 Å². The third-order valence-electron chi connectivity index (χ3n) is 11.5. The van der Waals surface area contributed by atoms with Gasteiger partial charge in [-0.1, -0.05) is 212 Å². The van der Waals surface area contributed by atoms with Crippen molar-refractivity contribution >= 4 is 16.3 Å². The maximum absolute atomic E-state index is 5.42. The first kappa shape index (κ1) is 35.9. The van der Waals surface area contributed by atoms with Gasteiger partial charge < -0.3 is 0 Å². The van der Waals surface area contributed by atoms with Gasteiger partial charge in [0.15, 0.2) is 5.82 Å². The van der Waals surface area contributed by atoms with Crippen LogP contribution in [0, 0.1) is 0 Å². The number of nitrogens with zero attached hydrogens (tertiary/aromatic N) is 4. The lowest BCUT2D eigenvalue weighted by Crippen LogP contribution is -1.97. The van der Waals surface area contributed by atoms with E-state index in [1.807, 2.05) is 36.4 Å². The second-order valence-electron chi connectivity index (χ2n) is 15.2. The monoisotopic (exact) mass is 778 g/mol. The van der Waals surface area contributed by atoms with Crippen molar-refractivity contribution in [3.05, 3.63) is 231 Å². The first-order chi connectivity index (χ1) is 30.2. The van der Waals surface area contributed by atoms with Crippen molar-refractivity contribution in [2.45, 2.75) is 0 Å². The van der Waals surface area contributed by atoms with Crippen LogP contribution in [0.3, 0.4) is 0 Å². The fourth-order valence-corrected chi connectivity index (χ4v) is 8.48. The Labute approximate surface area is 354 Å². The van der Waals surface area contributed by atoms with Crippen LogP contribution in [0.5, 0.6) is 0 Å². The molecule has 0 atom stereocenters. The minimum Gasteiger partial charge on any atom is -0.231 e. The topological polar surface area (TPSA) is 43.1 Å². The van der Waals surface area contributed by atoms with Crippen LogP contribution in [0.1, 0.15) is 0 Å². The lowest BCUT2D eigenvalue weighted by Gasteiger charge is -2.14. The number of rotatable bonds is 8. The summed E-state index contributed by atoms with van der Waals surface area (Å²) >= 11 is 0. The molecular formula is C57H38N4. The molecule has 11 aromatic rings. The predicted molar refractivity (Wildman–Crippen MR) is 252 cm³/mol. The van der Waals surface area contributed by atoms with Crippen LogP contribution in [0.4, 0.5) is 0 Å². The van der Waals surface area contributed by atoms with Crippen molar-refractivity contribution in [2.75, 3.05) is 0 Å². The highest BCUT2D eigenvalue weighted by Crippen LogP contribution is 2.43. The van der Waals surface area contributed by atoms with Crippen molar-refractivity contribution < 1.29 is 0 Å². The second-order valence-corrected chi connectivity index (χ2v) is 15.2. The van der Waals surface area contributed by atoms with Gasteiger partial charge in [-0.05, 0) is 51.4 Å². The SMILES string of the molecule is c1ccc(-c2cc(-c3ccc(-c4cccc(-c5cccc6c5cc(-c5ccccc5)n5nc(-c7ccccc7)c(-c7ccccc7)c65)c4)cc3)nc(-c3ccccc3)n2)cc1.